The Morgan fingerprint density at radius 3 is 2.57 bits per heavy atom. The van der Waals surface area contributed by atoms with Crippen molar-refractivity contribution in [2.45, 2.75) is 0 Å². The standard InChI is InChI=1S/C15H9ClN4O/c16-12-4-5-14(11(7-12)9-18)20-15(21)19-13-3-1-2-10(6-13)8-17/h1-7H,(H2,19,20,21). The summed E-state index contributed by atoms with van der Waals surface area (Å²) in [6.07, 6.45) is 0. The molecule has 0 heterocycles. The molecule has 0 bridgehead atoms. The summed E-state index contributed by atoms with van der Waals surface area (Å²) in [6.45, 7) is 0. The first kappa shape index (κ1) is 14.4. The number of benzene rings is 2. The smallest absolute Gasteiger partial charge is 0.308 e. The molecule has 2 aromatic carbocycles. The Morgan fingerprint density at radius 2 is 1.86 bits per heavy atom. The first-order chi connectivity index (χ1) is 10.1. The summed E-state index contributed by atoms with van der Waals surface area (Å²) >= 11 is 5.79. The van der Waals surface area contributed by atoms with Crippen LogP contribution < -0.4 is 10.6 Å². The van der Waals surface area contributed by atoms with Crippen molar-refractivity contribution in [1.82, 2.24) is 0 Å². The SMILES string of the molecule is N#Cc1cccc(NC(=O)Nc2ccc(Cl)cc2C#N)c1. The van der Waals surface area contributed by atoms with Crippen molar-refractivity contribution < 1.29 is 4.79 Å². The van der Waals surface area contributed by atoms with Crippen LogP contribution in [0.1, 0.15) is 11.1 Å². The van der Waals surface area contributed by atoms with Gasteiger partial charge in [0.05, 0.1) is 22.9 Å². The molecule has 6 heteroatoms. The van der Waals surface area contributed by atoms with E-state index in [1.807, 2.05) is 12.1 Å². The van der Waals surface area contributed by atoms with Crippen LogP contribution in [0.15, 0.2) is 42.5 Å². The molecule has 0 atom stereocenters. The second-order valence-corrected chi connectivity index (χ2v) is 4.51. The molecule has 0 saturated carbocycles. The topological polar surface area (TPSA) is 88.7 Å². The monoisotopic (exact) mass is 296 g/mol. The van der Waals surface area contributed by atoms with Gasteiger partial charge in [-0.15, -0.1) is 0 Å². The summed E-state index contributed by atoms with van der Waals surface area (Å²) in [5, 5.41) is 23.4. The van der Waals surface area contributed by atoms with Gasteiger partial charge in [0.2, 0.25) is 0 Å². The van der Waals surface area contributed by atoms with Gasteiger partial charge in [-0.25, -0.2) is 4.79 Å². The number of nitriles is 2. The Labute approximate surface area is 126 Å². The van der Waals surface area contributed by atoms with Crippen LogP contribution in [0.3, 0.4) is 0 Å². The van der Waals surface area contributed by atoms with Crippen LogP contribution in [0.25, 0.3) is 0 Å². The van der Waals surface area contributed by atoms with E-state index in [-0.39, 0.29) is 5.56 Å². The maximum absolute atomic E-state index is 11.9. The van der Waals surface area contributed by atoms with E-state index in [1.54, 1.807) is 36.4 Å². The second-order valence-electron chi connectivity index (χ2n) is 4.07. The molecule has 0 saturated heterocycles. The molecule has 0 aromatic heterocycles. The third-order valence-corrected chi connectivity index (χ3v) is 2.83. The highest BCUT2D eigenvalue weighted by atomic mass is 35.5. The van der Waals surface area contributed by atoms with Gasteiger partial charge < -0.3 is 10.6 Å². The number of carbonyl (C=O) groups excluding carboxylic acids is 1. The van der Waals surface area contributed by atoms with Crippen LogP contribution in [-0.4, -0.2) is 6.03 Å². The molecular formula is C15H9ClN4O. The molecule has 2 N–H and O–H groups in total. The van der Waals surface area contributed by atoms with Gasteiger partial charge in [0.15, 0.2) is 0 Å². The minimum atomic E-state index is -0.510. The molecule has 0 radical (unpaired) electrons. The van der Waals surface area contributed by atoms with Gasteiger partial charge >= 0.3 is 6.03 Å². The fourth-order valence-electron chi connectivity index (χ4n) is 1.67. The van der Waals surface area contributed by atoms with Gasteiger partial charge in [0, 0.05) is 10.7 Å². The zero-order chi connectivity index (χ0) is 15.2. The number of nitrogens with one attached hydrogen (secondary N) is 2. The number of urea groups is 1. The zero-order valence-corrected chi connectivity index (χ0v) is 11.5. The third kappa shape index (κ3) is 3.73. The number of hydrogen-bond acceptors (Lipinski definition) is 3. The van der Waals surface area contributed by atoms with Gasteiger partial charge in [0.1, 0.15) is 6.07 Å². The highest BCUT2D eigenvalue weighted by Gasteiger charge is 2.08. The Bertz CT molecular complexity index is 774. The third-order valence-electron chi connectivity index (χ3n) is 2.60. The predicted octanol–water partition coefficient (Wildman–Crippen LogP) is 3.73. The van der Waals surface area contributed by atoms with Crippen molar-refractivity contribution in [2.75, 3.05) is 10.6 Å². The number of halogens is 1. The fraction of sp³-hybridized carbons (Fsp3) is 0. The maximum atomic E-state index is 11.9. The average molecular weight is 297 g/mol. The second kappa shape index (κ2) is 6.42. The van der Waals surface area contributed by atoms with Crippen molar-refractivity contribution in [3.05, 3.63) is 58.6 Å². The van der Waals surface area contributed by atoms with E-state index in [1.165, 1.54) is 6.07 Å². The van der Waals surface area contributed by atoms with Crippen LogP contribution in [-0.2, 0) is 0 Å². The molecule has 2 amide bonds. The number of rotatable bonds is 2. The van der Waals surface area contributed by atoms with E-state index in [4.69, 9.17) is 22.1 Å². The Hall–Kier alpha value is -3.02. The van der Waals surface area contributed by atoms with Crippen molar-refractivity contribution in [3.63, 3.8) is 0 Å². The summed E-state index contributed by atoms with van der Waals surface area (Å²) in [5.41, 5.74) is 1.55. The minimum Gasteiger partial charge on any atom is -0.308 e. The highest BCUT2D eigenvalue weighted by Crippen LogP contribution is 2.20. The molecule has 102 valence electrons. The molecule has 0 spiro atoms. The van der Waals surface area contributed by atoms with Crippen LogP contribution in [0.4, 0.5) is 16.2 Å². The average Bonchev–Trinajstić information content (AvgIpc) is 2.49. The first-order valence-corrected chi connectivity index (χ1v) is 6.28. The molecule has 0 aliphatic carbocycles. The van der Waals surface area contributed by atoms with Crippen LogP contribution in [0.2, 0.25) is 5.02 Å². The van der Waals surface area contributed by atoms with Crippen molar-refractivity contribution >= 4 is 29.0 Å². The van der Waals surface area contributed by atoms with E-state index in [2.05, 4.69) is 10.6 Å². The molecule has 2 aromatic rings. The van der Waals surface area contributed by atoms with Gasteiger partial charge in [-0.05, 0) is 36.4 Å². The van der Waals surface area contributed by atoms with Gasteiger partial charge in [0.25, 0.3) is 0 Å². The quantitative estimate of drug-likeness (QED) is 0.885. The Kier molecular flexibility index (Phi) is 4.40. The van der Waals surface area contributed by atoms with Gasteiger partial charge in [-0.2, -0.15) is 10.5 Å². The molecule has 0 unspecified atom stereocenters. The van der Waals surface area contributed by atoms with E-state index in [0.29, 0.717) is 22.0 Å². The van der Waals surface area contributed by atoms with Crippen LogP contribution in [0, 0.1) is 22.7 Å². The Morgan fingerprint density at radius 1 is 1.05 bits per heavy atom. The van der Waals surface area contributed by atoms with Crippen molar-refractivity contribution in [3.8, 4) is 12.1 Å². The maximum Gasteiger partial charge on any atom is 0.323 e. The summed E-state index contributed by atoms with van der Waals surface area (Å²) in [5.74, 6) is 0. The lowest BCUT2D eigenvalue weighted by Gasteiger charge is -2.09. The minimum absolute atomic E-state index is 0.267. The number of anilines is 2. The number of amides is 2. The van der Waals surface area contributed by atoms with E-state index < -0.39 is 6.03 Å². The predicted molar refractivity (Wildman–Crippen MR) is 80.0 cm³/mol. The largest absolute Gasteiger partial charge is 0.323 e. The molecule has 21 heavy (non-hydrogen) atoms. The van der Waals surface area contributed by atoms with Crippen molar-refractivity contribution in [1.29, 1.82) is 10.5 Å². The first-order valence-electron chi connectivity index (χ1n) is 5.90. The molecule has 0 aliphatic rings. The number of carbonyl (C=O) groups is 1. The lowest BCUT2D eigenvalue weighted by Crippen LogP contribution is -2.20. The van der Waals surface area contributed by atoms with E-state index >= 15 is 0 Å². The number of nitrogens with zero attached hydrogens (tertiary/aromatic N) is 2. The zero-order valence-electron chi connectivity index (χ0n) is 10.7. The van der Waals surface area contributed by atoms with Crippen LogP contribution >= 0.6 is 11.6 Å². The van der Waals surface area contributed by atoms with Gasteiger partial charge in [-0.3, -0.25) is 0 Å². The van der Waals surface area contributed by atoms with Crippen molar-refractivity contribution in [2.24, 2.45) is 0 Å². The molecule has 5 nitrogen and oxygen atoms in total. The number of hydrogen-bond donors (Lipinski definition) is 2. The van der Waals surface area contributed by atoms with Gasteiger partial charge in [-0.1, -0.05) is 17.7 Å². The normalized spacial score (nSPS) is 9.29. The summed E-state index contributed by atoms with van der Waals surface area (Å²) in [7, 11) is 0. The van der Waals surface area contributed by atoms with Crippen LogP contribution in [0.5, 0.6) is 0 Å². The Balaban J connectivity index is 2.12. The van der Waals surface area contributed by atoms with E-state index in [9.17, 15) is 4.79 Å². The lowest BCUT2D eigenvalue weighted by atomic mass is 10.2. The van der Waals surface area contributed by atoms with E-state index in [0.717, 1.165) is 0 Å². The fourth-order valence-corrected chi connectivity index (χ4v) is 1.84. The summed E-state index contributed by atoms with van der Waals surface area (Å²) < 4.78 is 0. The summed E-state index contributed by atoms with van der Waals surface area (Å²) in [6, 6.07) is 14.5. The molecule has 0 aliphatic heterocycles. The summed E-state index contributed by atoms with van der Waals surface area (Å²) in [4.78, 5) is 11.9. The highest BCUT2D eigenvalue weighted by molar-refractivity contribution is 6.30. The molecule has 2 rings (SSSR count). The molecular weight excluding hydrogens is 288 g/mol. The molecule has 0 fully saturated rings. The lowest BCUT2D eigenvalue weighted by molar-refractivity contribution is 0.262.